The molecule has 202 valence electrons. The first-order valence-electron chi connectivity index (χ1n) is 11.5. The highest BCUT2D eigenvalue weighted by molar-refractivity contribution is 7.20. The summed E-state index contributed by atoms with van der Waals surface area (Å²) in [6.07, 6.45) is 0. The SMILES string of the molecule is CC(C)N(c1n[n+](C)c(N=Nc2sc(N3CCOCC3)nc2-c2ccccc2)s1)C(C)C.[O-][Cl+3]([O-])([O-])[O-]. The van der Waals surface area contributed by atoms with Crippen LogP contribution in [0.25, 0.3) is 11.3 Å². The summed E-state index contributed by atoms with van der Waals surface area (Å²) in [6, 6.07) is 10.9. The summed E-state index contributed by atoms with van der Waals surface area (Å²) in [7, 11) is -3.03. The monoisotopic (exact) mass is 571 g/mol. The Labute approximate surface area is 225 Å². The van der Waals surface area contributed by atoms with Crippen molar-refractivity contribution in [3.8, 4) is 11.3 Å². The van der Waals surface area contributed by atoms with Crippen LogP contribution in [0, 0.1) is 10.2 Å². The highest BCUT2D eigenvalue weighted by Crippen LogP contribution is 2.41. The molecule has 1 aliphatic rings. The maximum absolute atomic E-state index is 8.49. The number of hydrogen-bond donors (Lipinski definition) is 0. The van der Waals surface area contributed by atoms with Gasteiger partial charge in [0.05, 0.1) is 18.3 Å². The molecule has 0 N–H and O–H groups in total. The van der Waals surface area contributed by atoms with Crippen LogP contribution in [0.2, 0.25) is 0 Å². The molecular formula is C22H30ClN7O5S2. The Morgan fingerprint density at radius 1 is 1.00 bits per heavy atom. The standard InChI is InChI=1S/C22H30N7OS2.ClHO4/c1-15(2)29(16(3)4)22-26-27(5)21(32-22)25-24-19-18(17-9-7-6-8-10-17)23-20(31-19)28-11-13-30-14-12-28;2-1(3,4)5/h6-10,15-16H,11-14H2,1-5H3;(H,2,3,4,5)/q+1;/p-1. The van der Waals surface area contributed by atoms with E-state index >= 15 is 0 Å². The first-order chi connectivity index (χ1) is 17.4. The second kappa shape index (κ2) is 13.0. The molecule has 0 spiro atoms. The number of hydrogen-bond acceptors (Lipinski definition) is 13. The van der Waals surface area contributed by atoms with E-state index < -0.39 is 10.2 Å². The van der Waals surface area contributed by atoms with Crippen LogP contribution in [-0.4, -0.2) is 48.5 Å². The van der Waals surface area contributed by atoms with E-state index in [0.717, 1.165) is 58.0 Å². The van der Waals surface area contributed by atoms with Gasteiger partial charge in [0.1, 0.15) is 12.7 Å². The van der Waals surface area contributed by atoms with Crippen molar-refractivity contribution in [3.63, 3.8) is 0 Å². The number of halogens is 1. The number of benzene rings is 1. The van der Waals surface area contributed by atoms with Crippen molar-refractivity contribution < 1.29 is 38.3 Å². The summed E-state index contributed by atoms with van der Waals surface area (Å²) in [5.74, 6) is 0. The number of thiazole rings is 1. The third-order valence-electron chi connectivity index (χ3n) is 5.18. The zero-order valence-electron chi connectivity index (χ0n) is 21.2. The molecule has 0 unspecified atom stereocenters. The highest BCUT2D eigenvalue weighted by Gasteiger charge is 2.25. The van der Waals surface area contributed by atoms with Gasteiger partial charge < -0.3 is 14.5 Å². The van der Waals surface area contributed by atoms with E-state index in [4.69, 9.17) is 33.5 Å². The fraction of sp³-hybridized carbons (Fsp3) is 0.500. The minimum atomic E-state index is -4.94. The molecule has 1 saturated heterocycles. The van der Waals surface area contributed by atoms with E-state index in [2.05, 4.69) is 59.9 Å². The van der Waals surface area contributed by atoms with Crippen LogP contribution < -0.4 is 33.1 Å². The van der Waals surface area contributed by atoms with Gasteiger partial charge in [0.2, 0.25) is 5.13 Å². The lowest BCUT2D eigenvalue weighted by Crippen LogP contribution is -2.68. The van der Waals surface area contributed by atoms with Crippen molar-refractivity contribution in [1.29, 1.82) is 0 Å². The topological polar surface area (TPSA) is 162 Å². The van der Waals surface area contributed by atoms with Crippen LogP contribution in [0.1, 0.15) is 27.7 Å². The van der Waals surface area contributed by atoms with E-state index in [-0.39, 0.29) is 0 Å². The lowest BCUT2D eigenvalue weighted by atomic mass is 10.2. The Hall–Kier alpha value is -2.30. The normalized spacial score (nSPS) is 14.4. The van der Waals surface area contributed by atoms with Gasteiger partial charge in [0.15, 0.2) is 10.1 Å². The van der Waals surface area contributed by atoms with E-state index in [0.29, 0.717) is 12.1 Å². The van der Waals surface area contributed by atoms with Gasteiger partial charge in [-0.05, 0) is 44.1 Å². The van der Waals surface area contributed by atoms with E-state index in [1.54, 1.807) is 27.4 Å². The molecule has 1 aromatic carbocycles. The molecule has 12 nitrogen and oxygen atoms in total. The van der Waals surface area contributed by atoms with Gasteiger partial charge in [-0.1, -0.05) is 46.8 Å². The van der Waals surface area contributed by atoms with E-state index in [1.807, 2.05) is 25.2 Å². The number of ether oxygens (including phenoxy) is 1. The van der Waals surface area contributed by atoms with Crippen molar-refractivity contribution >= 4 is 43.1 Å². The number of aromatic nitrogens is 3. The van der Waals surface area contributed by atoms with Gasteiger partial charge in [-0.3, -0.25) is 0 Å². The number of morpholine rings is 1. The summed E-state index contributed by atoms with van der Waals surface area (Å²) in [5, 5.41) is 17.4. The van der Waals surface area contributed by atoms with Crippen molar-refractivity contribution in [1.82, 2.24) is 10.1 Å². The smallest absolute Gasteiger partial charge is 0.378 e. The number of nitrogens with zero attached hydrogens (tertiary/aromatic N) is 7. The van der Waals surface area contributed by atoms with Gasteiger partial charge in [0, 0.05) is 30.7 Å². The summed E-state index contributed by atoms with van der Waals surface area (Å²) in [6.45, 7) is 11.8. The molecule has 1 fully saturated rings. The average Bonchev–Trinajstić information content (AvgIpc) is 3.41. The molecule has 0 saturated carbocycles. The lowest BCUT2D eigenvalue weighted by molar-refractivity contribution is -2.00. The predicted molar refractivity (Wildman–Crippen MR) is 131 cm³/mol. The van der Waals surface area contributed by atoms with E-state index in [9.17, 15) is 0 Å². The number of azo groups is 1. The molecule has 3 heterocycles. The number of anilines is 2. The van der Waals surface area contributed by atoms with Gasteiger partial charge in [-0.15, -0.1) is 14.9 Å². The highest BCUT2D eigenvalue weighted by atomic mass is 35.7. The minimum Gasteiger partial charge on any atom is -0.378 e. The molecule has 0 atom stereocenters. The molecule has 15 heteroatoms. The maximum atomic E-state index is 8.49. The van der Waals surface area contributed by atoms with Gasteiger partial charge >= 0.3 is 5.13 Å². The third-order valence-corrected chi connectivity index (χ3v) is 7.19. The van der Waals surface area contributed by atoms with Crippen LogP contribution >= 0.6 is 22.7 Å². The van der Waals surface area contributed by atoms with Crippen LogP contribution in [0.4, 0.5) is 20.4 Å². The molecule has 3 aromatic rings. The van der Waals surface area contributed by atoms with Crippen LogP contribution in [0.5, 0.6) is 0 Å². The Morgan fingerprint density at radius 3 is 2.16 bits per heavy atom. The van der Waals surface area contributed by atoms with E-state index in [1.165, 1.54) is 0 Å². The molecule has 0 radical (unpaired) electrons. The average molecular weight is 572 g/mol. The maximum Gasteiger partial charge on any atom is 0.432 e. The first-order valence-corrected chi connectivity index (χ1v) is 14.4. The Bertz CT molecular complexity index is 1150. The summed E-state index contributed by atoms with van der Waals surface area (Å²) in [4.78, 5) is 9.48. The number of aryl methyl sites for hydroxylation is 1. The Morgan fingerprint density at radius 2 is 1.59 bits per heavy atom. The molecule has 2 aromatic heterocycles. The second-order valence-corrected chi connectivity index (χ2v) is 11.2. The largest absolute Gasteiger partial charge is 0.432 e. The molecule has 37 heavy (non-hydrogen) atoms. The minimum absolute atomic E-state index is 0.355. The van der Waals surface area contributed by atoms with Crippen molar-refractivity contribution in [2.45, 2.75) is 39.8 Å². The Kier molecular flexibility index (Phi) is 10.3. The third kappa shape index (κ3) is 8.61. The molecular weight excluding hydrogens is 542 g/mol. The predicted octanol–water partition coefficient (Wildman–Crippen LogP) is 0.210. The molecule has 0 bridgehead atoms. The van der Waals surface area contributed by atoms with Crippen molar-refractivity contribution in [3.05, 3.63) is 30.3 Å². The van der Waals surface area contributed by atoms with Gasteiger partial charge in [-0.25, -0.2) is 23.6 Å². The fourth-order valence-electron chi connectivity index (χ4n) is 3.70. The van der Waals surface area contributed by atoms with Crippen LogP contribution in [0.3, 0.4) is 0 Å². The number of rotatable bonds is 7. The summed E-state index contributed by atoms with van der Waals surface area (Å²) < 4.78 is 41.3. The van der Waals surface area contributed by atoms with Gasteiger partial charge in [-0.2, -0.15) is 0 Å². The fourth-order valence-corrected chi connectivity index (χ4v) is 5.77. The lowest BCUT2D eigenvalue weighted by Gasteiger charge is -2.28. The van der Waals surface area contributed by atoms with Gasteiger partial charge in [0.25, 0.3) is 0 Å². The summed E-state index contributed by atoms with van der Waals surface area (Å²) >= 11 is 3.13. The van der Waals surface area contributed by atoms with Crippen molar-refractivity contribution in [2.75, 3.05) is 36.1 Å². The van der Waals surface area contributed by atoms with Crippen LogP contribution in [0.15, 0.2) is 40.6 Å². The molecule has 0 aliphatic carbocycles. The Balaban J connectivity index is 0.000000695. The van der Waals surface area contributed by atoms with Crippen LogP contribution in [-0.2, 0) is 11.8 Å². The molecule has 1 aliphatic heterocycles. The first kappa shape index (κ1) is 29.3. The quantitative estimate of drug-likeness (QED) is 0.285. The molecule has 4 rings (SSSR count). The summed E-state index contributed by atoms with van der Waals surface area (Å²) in [5.41, 5.74) is 1.90. The zero-order chi connectivity index (χ0) is 27.2. The second-order valence-electron chi connectivity index (χ2n) is 8.58. The van der Waals surface area contributed by atoms with Crippen molar-refractivity contribution in [2.24, 2.45) is 17.3 Å². The zero-order valence-corrected chi connectivity index (χ0v) is 23.6. The molecule has 0 amide bonds.